The molecule has 0 bridgehead atoms. The largest absolute Gasteiger partial charge is 0.480 e. The second kappa shape index (κ2) is 5.33. The smallest absolute Gasteiger partial charge is 0.452 e. The lowest BCUT2D eigenvalue weighted by Gasteiger charge is -1.90. The van der Waals surface area contributed by atoms with Gasteiger partial charge in [0.2, 0.25) is 0 Å². The Morgan fingerprint density at radius 2 is 2.18 bits per heavy atom. The van der Waals surface area contributed by atoms with Crippen LogP contribution >= 0.6 is 0 Å². The van der Waals surface area contributed by atoms with Gasteiger partial charge >= 0.3 is 12.1 Å². The fourth-order valence-electron chi connectivity index (χ4n) is 0.306. The van der Waals surface area contributed by atoms with Crippen LogP contribution in [0.2, 0.25) is 0 Å². The summed E-state index contributed by atoms with van der Waals surface area (Å²) >= 11 is 0. The van der Waals surface area contributed by atoms with Crippen LogP contribution in [0.5, 0.6) is 0 Å². The van der Waals surface area contributed by atoms with Gasteiger partial charge in [-0.15, -0.1) is 0 Å². The van der Waals surface area contributed by atoms with Crippen molar-refractivity contribution in [1.29, 1.82) is 0 Å². The molecule has 0 saturated heterocycles. The number of hydrogen-bond donors (Lipinski definition) is 1. The van der Waals surface area contributed by atoms with Crippen LogP contribution < -0.4 is 0 Å². The number of carboxylic acid groups (broad SMARTS) is 1. The Bertz CT molecular complexity index is 177. The van der Waals surface area contributed by atoms with E-state index in [-0.39, 0.29) is 6.61 Å². The standard InChI is InChI=1S/C5H8N2O4/c1-2-11-5(10)7-6-3-4(8)9/h2-3H2,1H3,(H,8,9). The number of carboxylic acids is 1. The Morgan fingerprint density at radius 1 is 1.55 bits per heavy atom. The molecule has 6 heteroatoms. The molecule has 0 aliphatic carbocycles. The van der Waals surface area contributed by atoms with Gasteiger partial charge < -0.3 is 9.84 Å². The highest BCUT2D eigenvalue weighted by Crippen LogP contribution is 1.84. The number of ether oxygens (including phenoxy) is 1. The Kier molecular flexibility index (Phi) is 4.63. The van der Waals surface area contributed by atoms with Gasteiger partial charge in [0.25, 0.3) is 0 Å². The molecule has 0 aliphatic rings. The lowest BCUT2D eigenvalue weighted by molar-refractivity contribution is -0.135. The zero-order valence-electron chi connectivity index (χ0n) is 5.98. The van der Waals surface area contributed by atoms with Gasteiger partial charge in [-0.25, -0.2) is 4.79 Å². The molecule has 0 aromatic carbocycles. The molecular weight excluding hydrogens is 152 g/mol. The van der Waals surface area contributed by atoms with E-state index in [4.69, 9.17) is 5.11 Å². The molecule has 0 fully saturated rings. The molecule has 0 aliphatic heterocycles. The first-order valence-corrected chi connectivity index (χ1v) is 2.93. The van der Waals surface area contributed by atoms with Crippen molar-refractivity contribution in [1.82, 2.24) is 0 Å². The van der Waals surface area contributed by atoms with E-state index in [2.05, 4.69) is 15.0 Å². The average Bonchev–Trinajstić information content (AvgIpc) is 1.87. The van der Waals surface area contributed by atoms with Gasteiger partial charge in [0.1, 0.15) is 0 Å². The van der Waals surface area contributed by atoms with Crippen LogP contribution in [0.1, 0.15) is 6.92 Å². The number of hydrogen-bond acceptors (Lipinski definition) is 4. The molecule has 1 amide bonds. The Labute approximate surface area is 62.9 Å². The van der Waals surface area contributed by atoms with Crippen LogP contribution in [-0.4, -0.2) is 30.3 Å². The second-order valence-corrected chi connectivity index (χ2v) is 1.49. The molecule has 0 radical (unpaired) electrons. The van der Waals surface area contributed by atoms with Gasteiger partial charge in [-0.05, 0) is 6.92 Å². The van der Waals surface area contributed by atoms with Gasteiger partial charge in [0.15, 0.2) is 6.54 Å². The summed E-state index contributed by atoms with van der Waals surface area (Å²) in [6, 6.07) is 0. The second-order valence-electron chi connectivity index (χ2n) is 1.49. The summed E-state index contributed by atoms with van der Waals surface area (Å²) in [6.45, 7) is 1.30. The van der Waals surface area contributed by atoms with Crippen LogP contribution in [0.25, 0.3) is 0 Å². The zero-order chi connectivity index (χ0) is 8.69. The van der Waals surface area contributed by atoms with Crippen LogP contribution in [-0.2, 0) is 9.53 Å². The van der Waals surface area contributed by atoms with Gasteiger partial charge in [0.05, 0.1) is 6.61 Å². The predicted molar refractivity (Wildman–Crippen MR) is 34.4 cm³/mol. The molecular formula is C5H8N2O4. The fraction of sp³-hybridized carbons (Fsp3) is 0.600. The topological polar surface area (TPSA) is 88.3 Å². The van der Waals surface area contributed by atoms with Crippen molar-refractivity contribution in [2.24, 2.45) is 10.2 Å². The lowest BCUT2D eigenvalue weighted by Crippen LogP contribution is -2.01. The molecule has 0 unspecified atom stereocenters. The first-order chi connectivity index (χ1) is 5.16. The third-order valence-corrected chi connectivity index (χ3v) is 0.626. The van der Waals surface area contributed by atoms with Crippen molar-refractivity contribution in [3.8, 4) is 0 Å². The molecule has 0 saturated carbocycles. The summed E-state index contributed by atoms with van der Waals surface area (Å²) in [4.78, 5) is 20.2. The minimum Gasteiger partial charge on any atom is -0.480 e. The summed E-state index contributed by atoms with van der Waals surface area (Å²) in [6.07, 6.45) is -0.867. The fourth-order valence-corrected chi connectivity index (χ4v) is 0.306. The van der Waals surface area contributed by atoms with Gasteiger partial charge in [0, 0.05) is 0 Å². The van der Waals surface area contributed by atoms with Crippen LogP contribution in [0.3, 0.4) is 0 Å². The van der Waals surface area contributed by atoms with Crippen molar-refractivity contribution >= 4 is 12.1 Å². The highest BCUT2D eigenvalue weighted by atomic mass is 16.5. The summed E-state index contributed by atoms with van der Waals surface area (Å²) in [7, 11) is 0. The minimum absolute atomic E-state index is 0.199. The normalized spacial score (nSPS) is 9.91. The van der Waals surface area contributed by atoms with E-state index < -0.39 is 18.6 Å². The van der Waals surface area contributed by atoms with E-state index >= 15 is 0 Å². The molecule has 0 spiro atoms. The van der Waals surface area contributed by atoms with E-state index in [1.54, 1.807) is 6.92 Å². The van der Waals surface area contributed by atoms with Crippen LogP contribution in [0, 0.1) is 0 Å². The summed E-state index contributed by atoms with van der Waals surface area (Å²) in [5.74, 6) is -1.14. The number of amides is 1. The highest BCUT2D eigenvalue weighted by Gasteiger charge is 1.97. The van der Waals surface area contributed by atoms with Crippen molar-refractivity contribution in [2.75, 3.05) is 13.2 Å². The quantitative estimate of drug-likeness (QED) is 0.614. The van der Waals surface area contributed by atoms with Crippen LogP contribution in [0.4, 0.5) is 4.79 Å². The van der Waals surface area contributed by atoms with Crippen molar-refractivity contribution in [3.05, 3.63) is 0 Å². The molecule has 0 atom stereocenters. The van der Waals surface area contributed by atoms with E-state index in [9.17, 15) is 9.59 Å². The van der Waals surface area contributed by atoms with Crippen LogP contribution in [0.15, 0.2) is 10.2 Å². The molecule has 0 heterocycles. The van der Waals surface area contributed by atoms with Crippen molar-refractivity contribution in [2.45, 2.75) is 6.92 Å². The summed E-state index contributed by atoms with van der Waals surface area (Å²) < 4.78 is 4.33. The van der Waals surface area contributed by atoms with E-state index in [0.29, 0.717) is 0 Å². The van der Waals surface area contributed by atoms with Gasteiger partial charge in [-0.2, -0.15) is 5.11 Å². The first kappa shape index (κ1) is 9.54. The van der Waals surface area contributed by atoms with Gasteiger partial charge in [-0.1, -0.05) is 5.11 Å². The Balaban J connectivity index is 3.56. The maximum absolute atomic E-state index is 10.3. The highest BCUT2D eigenvalue weighted by molar-refractivity contribution is 5.70. The van der Waals surface area contributed by atoms with Crippen molar-refractivity contribution < 1.29 is 19.4 Å². The average molecular weight is 160 g/mol. The number of azo groups is 1. The number of aliphatic carboxylic acids is 1. The predicted octanol–water partition coefficient (Wildman–Crippen LogP) is 0.680. The number of rotatable bonds is 3. The molecule has 6 nitrogen and oxygen atoms in total. The molecule has 0 rings (SSSR count). The number of carbonyl (C=O) groups is 2. The molecule has 0 aromatic rings. The van der Waals surface area contributed by atoms with Crippen molar-refractivity contribution in [3.63, 3.8) is 0 Å². The van der Waals surface area contributed by atoms with E-state index in [0.717, 1.165) is 0 Å². The SMILES string of the molecule is CCOC(=O)N=NCC(=O)O. The molecule has 11 heavy (non-hydrogen) atoms. The monoisotopic (exact) mass is 160 g/mol. The summed E-state index contributed by atoms with van der Waals surface area (Å²) in [5.41, 5.74) is 0. The maximum atomic E-state index is 10.3. The molecule has 0 aromatic heterocycles. The third-order valence-electron chi connectivity index (χ3n) is 0.626. The maximum Gasteiger partial charge on any atom is 0.452 e. The van der Waals surface area contributed by atoms with Gasteiger partial charge in [-0.3, -0.25) is 4.79 Å². The molecule has 62 valence electrons. The number of nitrogens with zero attached hydrogens (tertiary/aromatic N) is 2. The van der Waals surface area contributed by atoms with E-state index in [1.807, 2.05) is 0 Å². The Morgan fingerprint density at radius 3 is 2.64 bits per heavy atom. The zero-order valence-corrected chi connectivity index (χ0v) is 5.98. The minimum atomic E-state index is -1.14. The molecule has 1 N–H and O–H groups in total. The van der Waals surface area contributed by atoms with E-state index in [1.165, 1.54) is 0 Å². The first-order valence-electron chi connectivity index (χ1n) is 2.93. The number of carbonyl (C=O) groups excluding carboxylic acids is 1. The lowest BCUT2D eigenvalue weighted by atomic mass is 10.7. The summed E-state index contributed by atoms with van der Waals surface area (Å²) in [5, 5.41) is 14.0. The Hall–Kier alpha value is -1.46. The third kappa shape index (κ3) is 6.42.